The molecule has 0 unspecified atom stereocenters. The Morgan fingerprint density at radius 1 is 1.04 bits per heavy atom. The van der Waals surface area contributed by atoms with E-state index in [2.05, 4.69) is 32.8 Å². The number of hydrogen-bond acceptors (Lipinski definition) is 4. The Morgan fingerprint density at radius 3 is 2.56 bits per heavy atom. The molecule has 7 heteroatoms. The first-order valence-electron chi connectivity index (χ1n) is 9.05. The SMILES string of the molecule is CN1CCN(Cc2c3n(c4ccc(Br)cc24)S(=O)(=O)c2ccccc2-3)CC1. The predicted octanol–water partition coefficient (Wildman–Crippen LogP) is 3.37. The highest BCUT2D eigenvalue weighted by molar-refractivity contribution is 9.10. The van der Waals surface area contributed by atoms with Crippen LogP contribution in [0.4, 0.5) is 0 Å². The molecule has 2 aliphatic rings. The maximum absolute atomic E-state index is 13.3. The normalized spacial score (nSPS) is 19.3. The van der Waals surface area contributed by atoms with Crippen LogP contribution < -0.4 is 0 Å². The second-order valence-electron chi connectivity index (χ2n) is 7.33. The van der Waals surface area contributed by atoms with Crippen LogP contribution in [0.1, 0.15) is 5.56 Å². The van der Waals surface area contributed by atoms with Gasteiger partial charge in [0.25, 0.3) is 10.0 Å². The number of piperazine rings is 1. The van der Waals surface area contributed by atoms with E-state index >= 15 is 0 Å². The lowest BCUT2D eigenvalue weighted by atomic mass is 10.0. The standard InChI is InChI=1S/C20H20BrN3O2S/c1-22-8-10-23(11-9-22)13-17-16-12-14(21)6-7-18(16)24-20(17)15-4-2-3-5-19(15)27(24,25)26/h2-7,12H,8-11,13H2,1H3. The molecule has 0 N–H and O–H groups in total. The quantitative estimate of drug-likeness (QED) is 0.474. The van der Waals surface area contributed by atoms with Gasteiger partial charge < -0.3 is 4.90 Å². The van der Waals surface area contributed by atoms with Crippen molar-refractivity contribution in [3.63, 3.8) is 0 Å². The fourth-order valence-electron chi connectivity index (χ4n) is 4.19. The van der Waals surface area contributed by atoms with Gasteiger partial charge in [0.05, 0.1) is 16.1 Å². The van der Waals surface area contributed by atoms with Crippen molar-refractivity contribution < 1.29 is 8.42 Å². The van der Waals surface area contributed by atoms with Gasteiger partial charge in [-0.1, -0.05) is 34.1 Å². The minimum absolute atomic E-state index is 0.407. The molecule has 1 aromatic heterocycles. The summed E-state index contributed by atoms with van der Waals surface area (Å²) in [4.78, 5) is 5.16. The van der Waals surface area contributed by atoms with Crippen molar-refractivity contribution in [3.05, 3.63) is 52.5 Å². The summed E-state index contributed by atoms with van der Waals surface area (Å²) >= 11 is 3.55. The lowest BCUT2D eigenvalue weighted by Crippen LogP contribution is -2.43. The van der Waals surface area contributed by atoms with Crippen molar-refractivity contribution >= 4 is 36.9 Å². The Balaban J connectivity index is 1.76. The van der Waals surface area contributed by atoms with Crippen LogP contribution in [-0.4, -0.2) is 55.4 Å². The maximum Gasteiger partial charge on any atom is 0.269 e. The highest BCUT2D eigenvalue weighted by Crippen LogP contribution is 2.45. The molecule has 0 saturated carbocycles. The Hall–Kier alpha value is -1.67. The van der Waals surface area contributed by atoms with Crippen LogP contribution in [0.2, 0.25) is 0 Å². The molecule has 1 saturated heterocycles. The Kier molecular flexibility index (Phi) is 3.98. The summed E-state index contributed by atoms with van der Waals surface area (Å²) in [6, 6.07) is 13.2. The molecule has 0 radical (unpaired) electrons. The highest BCUT2D eigenvalue weighted by Gasteiger charge is 2.37. The third-order valence-corrected chi connectivity index (χ3v) is 7.89. The predicted molar refractivity (Wildman–Crippen MR) is 110 cm³/mol. The van der Waals surface area contributed by atoms with Gasteiger partial charge in [0.2, 0.25) is 0 Å². The first-order chi connectivity index (χ1) is 13.0. The lowest BCUT2D eigenvalue weighted by molar-refractivity contribution is 0.148. The lowest BCUT2D eigenvalue weighted by Gasteiger charge is -2.32. The summed E-state index contributed by atoms with van der Waals surface area (Å²) in [5.74, 6) is 0. The van der Waals surface area contributed by atoms with E-state index in [0.717, 1.165) is 64.9 Å². The number of likely N-dealkylation sites (N-methyl/N-ethyl adjacent to an activating group) is 1. The zero-order valence-corrected chi connectivity index (χ0v) is 17.4. The van der Waals surface area contributed by atoms with Gasteiger partial charge in [-0.25, -0.2) is 12.4 Å². The van der Waals surface area contributed by atoms with Crippen LogP contribution in [0.3, 0.4) is 0 Å². The Bertz CT molecular complexity index is 1160. The number of nitrogens with zero attached hydrogens (tertiary/aromatic N) is 3. The van der Waals surface area contributed by atoms with E-state index in [1.807, 2.05) is 30.3 Å². The Labute approximate surface area is 167 Å². The van der Waals surface area contributed by atoms with Crippen molar-refractivity contribution in [2.24, 2.45) is 0 Å². The van der Waals surface area contributed by atoms with Gasteiger partial charge in [0.15, 0.2) is 0 Å². The molecule has 5 nitrogen and oxygen atoms in total. The van der Waals surface area contributed by atoms with Gasteiger partial charge in [0, 0.05) is 53.7 Å². The molecule has 3 aromatic rings. The summed E-state index contributed by atoms with van der Waals surface area (Å²) < 4.78 is 29.0. The van der Waals surface area contributed by atoms with Crippen LogP contribution in [0.25, 0.3) is 22.2 Å². The van der Waals surface area contributed by atoms with E-state index in [1.165, 1.54) is 0 Å². The van der Waals surface area contributed by atoms with Crippen LogP contribution in [0.5, 0.6) is 0 Å². The average molecular weight is 446 g/mol. The zero-order chi connectivity index (χ0) is 18.8. The molecule has 140 valence electrons. The third-order valence-electron chi connectivity index (χ3n) is 5.63. The topological polar surface area (TPSA) is 45.5 Å². The van der Waals surface area contributed by atoms with Gasteiger partial charge in [-0.15, -0.1) is 0 Å². The molecule has 5 rings (SSSR count). The van der Waals surface area contributed by atoms with E-state index < -0.39 is 10.0 Å². The van der Waals surface area contributed by atoms with Gasteiger partial charge in [-0.3, -0.25) is 4.90 Å². The smallest absolute Gasteiger partial charge is 0.269 e. The van der Waals surface area contributed by atoms with Crippen LogP contribution in [0.15, 0.2) is 51.8 Å². The first-order valence-corrected chi connectivity index (χ1v) is 11.3. The molecular formula is C20H20BrN3O2S. The van der Waals surface area contributed by atoms with Crippen LogP contribution >= 0.6 is 15.9 Å². The van der Waals surface area contributed by atoms with E-state index in [0.29, 0.717) is 4.90 Å². The molecule has 2 aliphatic heterocycles. The molecule has 1 fully saturated rings. The van der Waals surface area contributed by atoms with Crippen molar-refractivity contribution in [1.82, 2.24) is 13.8 Å². The molecule has 0 atom stereocenters. The van der Waals surface area contributed by atoms with Crippen LogP contribution in [-0.2, 0) is 16.6 Å². The number of benzene rings is 2. The molecule has 0 bridgehead atoms. The second kappa shape index (κ2) is 6.17. The highest BCUT2D eigenvalue weighted by atomic mass is 79.9. The van der Waals surface area contributed by atoms with E-state index in [-0.39, 0.29) is 0 Å². The van der Waals surface area contributed by atoms with Gasteiger partial charge in [0.1, 0.15) is 0 Å². The summed E-state index contributed by atoms with van der Waals surface area (Å²) in [6.07, 6.45) is 0. The molecule has 0 amide bonds. The van der Waals surface area contributed by atoms with Crippen molar-refractivity contribution in [2.75, 3.05) is 33.2 Å². The molecule has 3 heterocycles. The number of halogens is 1. The van der Waals surface area contributed by atoms with E-state index in [1.54, 1.807) is 16.1 Å². The van der Waals surface area contributed by atoms with Crippen molar-refractivity contribution in [2.45, 2.75) is 11.4 Å². The maximum atomic E-state index is 13.3. The summed E-state index contributed by atoms with van der Waals surface area (Å²) in [6.45, 7) is 4.81. The first kappa shape index (κ1) is 17.4. The van der Waals surface area contributed by atoms with Crippen molar-refractivity contribution in [3.8, 4) is 11.3 Å². The van der Waals surface area contributed by atoms with Crippen LogP contribution in [0, 0.1) is 0 Å². The molecule has 27 heavy (non-hydrogen) atoms. The number of aromatic nitrogens is 1. The summed E-state index contributed by atoms with van der Waals surface area (Å²) in [5, 5.41) is 1.01. The number of hydrogen-bond donors (Lipinski definition) is 0. The number of fused-ring (bicyclic) bond motifs is 5. The minimum Gasteiger partial charge on any atom is -0.304 e. The largest absolute Gasteiger partial charge is 0.304 e. The van der Waals surface area contributed by atoms with Gasteiger partial charge in [-0.2, -0.15) is 0 Å². The molecule has 0 spiro atoms. The molecular weight excluding hydrogens is 426 g/mol. The van der Waals surface area contributed by atoms with E-state index in [4.69, 9.17) is 0 Å². The summed E-state index contributed by atoms with van der Waals surface area (Å²) in [5.41, 5.74) is 3.50. The third kappa shape index (κ3) is 2.60. The fraction of sp³-hybridized carbons (Fsp3) is 0.300. The number of rotatable bonds is 2. The van der Waals surface area contributed by atoms with Gasteiger partial charge >= 0.3 is 0 Å². The summed E-state index contributed by atoms with van der Waals surface area (Å²) in [7, 11) is -1.42. The minimum atomic E-state index is -3.56. The molecule has 0 aliphatic carbocycles. The Morgan fingerprint density at radius 2 is 1.78 bits per heavy atom. The monoisotopic (exact) mass is 445 g/mol. The second-order valence-corrected chi connectivity index (χ2v) is 10.0. The zero-order valence-electron chi connectivity index (χ0n) is 15.0. The van der Waals surface area contributed by atoms with Gasteiger partial charge in [-0.05, 0) is 31.3 Å². The average Bonchev–Trinajstić information content (AvgIpc) is 3.09. The van der Waals surface area contributed by atoms with Crippen molar-refractivity contribution in [1.29, 1.82) is 0 Å². The van der Waals surface area contributed by atoms with E-state index in [9.17, 15) is 8.42 Å². The fourth-order valence-corrected chi connectivity index (χ4v) is 6.31. The molecule has 2 aromatic carbocycles.